The van der Waals surface area contributed by atoms with Gasteiger partial charge >= 0.3 is 20.7 Å². The zero-order valence-corrected chi connectivity index (χ0v) is 30.8. The minimum atomic E-state index is -4.59. The van der Waals surface area contributed by atoms with Gasteiger partial charge in [-0.1, -0.05) is 64.4 Å². The smallest absolute Gasteiger partial charge is 0.416 e. The molecule has 1 fully saturated rings. The van der Waals surface area contributed by atoms with Crippen molar-refractivity contribution in [2.24, 2.45) is 11.8 Å². The lowest BCUT2D eigenvalue weighted by Crippen LogP contribution is -2.51. The molecule has 1 aliphatic rings. The first-order valence-electron chi connectivity index (χ1n) is 17.2. The number of hydrogen-bond donors (Lipinski definition) is 3. The van der Waals surface area contributed by atoms with E-state index in [2.05, 4.69) is 20.0 Å². The van der Waals surface area contributed by atoms with Crippen molar-refractivity contribution in [2.75, 3.05) is 24.4 Å². The van der Waals surface area contributed by atoms with Gasteiger partial charge in [0.1, 0.15) is 24.1 Å². The number of nitrogens with two attached hydrogens (primary N) is 2. The molecule has 5 unspecified atom stereocenters. The van der Waals surface area contributed by atoms with Crippen molar-refractivity contribution in [3.8, 4) is 5.75 Å². The number of nitrogens with one attached hydrogen (secondary N) is 1. The molecule has 5 N–H and O–H groups in total. The first kappa shape index (κ1) is 39.1. The Labute approximate surface area is 302 Å². The summed E-state index contributed by atoms with van der Waals surface area (Å²) in [5.41, 5.74) is 5.75. The molecule has 5 rings (SSSR count). The molecule has 1 aliphatic heterocycles. The number of hydrazine groups is 1. The number of esters is 1. The molecule has 0 radical (unpaired) electrons. The second-order valence-corrected chi connectivity index (χ2v) is 14.1. The number of imidazole rings is 1. The number of ether oxygens (including phenoxy) is 2. The summed E-state index contributed by atoms with van der Waals surface area (Å²) < 4.78 is 67.6. The molecule has 13 nitrogen and oxygen atoms in total. The highest BCUT2D eigenvalue weighted by atomic mass is 31.2. The highest BCUT2D eigenvalue weighted by Crippen LogP contribution is 2.43. The van der Waals surface area contributed by atoms with Crippen molar-refractivity contribution in [3.05, 3.63) is 71.5 Å². The van der Waals surface area contributed by atoms with Crippen LogP contribution in [0.25, 0.3) is 11.2 Å². The Bertz CT molecular complexity index is 1810. The number of benzene rings is 2. The number of hydrogen-bond acceptors (Lipinski definition) is 12. The van der Waals surface area contributed by atoms with Crippen molar-refractivity contribution in [2.45, 2.75) is 90.5 Å². The molecule has 0 aliphatic carbocycles. The molecule has 3 heterocycles. The molecule has 0 spiro atoms. The third kappa shape index (κ3) is 8.92. The minimum Gasteiger partial charge on any atom is -0.459 e. The number of carbonyl (C=O) groups is 1. The summed E-state index contributed by atoms with van der Waals surface area (Å²) in [6.07, 6.45) is -1.18. The zero-order valence-electron chi connectivity index (χ0n) is 29.9. The Morgan fingerprint density at radius 2 is 1.87 bits per heavy atom. The molecular formula is C35H46F3N8O5P. The molecule has 0 amide bonds. The number of nitrogens with zero attached hydrogens (tertiary/aromatic N) is 5. The lowest BCUT2D eigenvalue weighted by Gasteiger charge is -2.34. The van der Waals surface area contributed by atoms with Gasteiger partial charge in [-0.2, -0.15) is 23.1 Å². The molecule has 282 valence electrons. The molecule has 5 atom stereocenters. The molecule has 2 aromatic heterocycles. The lowest BCUT2D eigenvalue weighted by atomic mass is 9.92. The summed E-state index contributed by atoms with van der Waals surface area (Å²) in [6.45, 7) is 7.37. The standard InChI is InChI=1S/C35H46F3N8O5P/c1-6-17-34(8-3,32(47)48-19-24-11-9-10-12-27(24)35(36,37)38)44-52(51-25-15-13-23(7-2)14-16-25)49-20-26-18-22(4)31(50-26)46-21-41-28-29(45(5)40)42-33(39)43-30(28)46/h9-16,21-22,26,31,44H,6-8,17-20,40H2,1-5H3,(H2,39,42,43). The fourth-order valence-electron chi connectivity index (χ4n) is 6.24. The fourth-order valence-corrected chi connectivity index (χ4v) is 7.73. The van der Waals surface area contributed by atoms with Crippen LogP contribution in [0.3, 0.4) is 0 Å². The van der Waals surface area contributed by atoms with Crippen LogP contribution >= 0.6 is 8.53 Å². The molecule has 0 saturated carbocycles. The number of halogens is 3. The van der Waals surface area contributed by atoms with Crippen LogP contribution in [-0.4, -0.2) is 50.8 Å². The average molecular weight is 747 g/mol. The molecule has 0 bridgehead atoms. The van der Waals surface area contributed by atoms with E-state index in [4.69, 9.17) is 30.1 Å². The summed E-state index contributed by atoms with van der Waals surface area (Å²) in [6, 6.07) is 12.6. The van der Waals surface area contributed by atoms with Gasteiger partial charge in [0.05, 0.1) is 24.6 Å². The molecular weight excluding hydrogens is 700 g/mol. The SMILES string of the molecule is CCCC(CC)(NP(OCC1CC(C)C(n2cnc3c(N(C)N)nc(N)nc32)O1)Oc1ccc(CC)cc1)C(=O)OCc1ccccc1C(F)(F)F. The van der Waals surface area contributed by atoms with Gasteiger partial charge in [0.2, 0.25) is 5.95 Å². The summed E-state index contributed by atoms with van der Waals surface area (Å²) in [5, 5.41) is 4.63. The van der Waals surface area contributed by atoms with Crippen molar-refractivity contribution in [1.29, 1.82) is 0 Å². The Morgan fingerprint density at radius 1 is 1.13 bits per heavy atom. The highest BCUT2D eigenvalue weighted by molar-refractivity contribution is 7.45. The fraction of sp³-hybridized carbons (Fsp3) is 0.486. The highest BCUT2D eigenvalue weighted by Gasteiger charge is 2.43. The van der Waals surface area contributed by atoms with Crippen LogP contribution in [0.5, 0.6) is 5.75 Å². The van der Waals surface area contributed by atoms with Gasteiger partial charge < -0.3 is 24.3 Å². The lowest BCUT2D eigenvalue weighted by molar-refractivity contribution is -0.154. The Morgan fingerprint density at radius 3 is 2.52 bits per heavy atom. The number of nitrogen functional groups attached to an aromatic ring is 1. The van der Waals surface area contributed by atoms with Gasteiger partial charge in [-0.05, 0) is 49.4 Å². The van der Waals surface area contributed by atoms with Crippen LogP contribution in [0.15, 0.2) is 54.9 Å². The third-order valence-corrected chi connectivity index (χ3v) is 10.4. The molecule has 2 aromatic carbocycles. The Hall–Kier alpha value is -4.08. The zero-order chi connectivity index (χ0) is 37.6. The van der Waals surface area contributed by atoms with Gasteiger partial charge in [0, 0.05) is 18.5 Å². The number of alkyl halides is 3. The van der Waals surface area contributed by atoms with Gasteiger partial charge in [-0.15, -0.1) is 0 Å². The molecule has 17 heteroatoms. The molecule has 52 heavy (non-hydrogen) atoms. The van der Waals surface area contributed by atoms with E-state index in [1.807, 2.05) is 52.0 Å². The quantitative estimate of drug-likeness (QED) is 0.0475. The third-order valence-electron chi connectivity index (χ3n) is 9.04. The van der Waals surface area contributed by atoms with E-state index in [0.29, 0.717) is 42.0 Å². The first-order valence-corrected chi connectivity index (χ1v) is 18.4. The van der Waals surface area contributed by atoms with Gasteiger partial charge in [0.15, 0.2) is 17.0 Å². The predicted molar refractivity (Wildman–Crippen MR) is 192 cm³/mol. The van der Waals surface area contributed by atoms with E-state index in [9.17, 15) is 18.0 Å². The first-order chi connectivity index (χ1) is 24.8. The van der Waals surface area contributed by atoms with Gasteiger partial charge in [-0.3, -0.25) is 14.4 Å². The van der Waals surface area contributed by atoms with Crippen molar-refractivity contribution >= 4 is 37.4 Å². The van der Waals surface area contributed by atoms with Crippen molar-refractivity contribution in [1.82, 2.24) is 24.6 Å². The maximum Gasteiger partial charge on any atom is 0.416 e. The summed E-state index contributed by atoms with van der Waals surface area (Å²) in [7, 11) is -0.365. The van der Waals surface area contributed by atoms with Crippen molar-refractivity contribution < 1.29 is 36.5 Å². The van der Waals surface area contributed by atoms with Crippen molar-refractivity contribution in [3.63, 3.8) is 0 Å². The summed E-state index contributed by atoms with van der Waals surface area (Å²) in [4.78, 5) is 26.9. The maximum atomic E-state index is 13.8. The Balaban J connectivity index is 1.35. The van der Waals surface area contributed by atoms with Gasteiger partial charge in [0.25, 0.3) is 0 Å². The van der Waals surface area contributed by atoms with E-state index >= 15 is 0 Å². The topological polar surface area (TPSA) is 165 Å². The Kier molecular flexibility index (Phi) is 12.6. The number of aromatic nitrogens is 4. The second kappa shape index (κ2) is 16.7. The largest absolute Gasteiger partial charge is 0.459 e. The van der Waals surface area contributed by atoms with Crippen LogP contribution in [-0.2, 0) is 38.0 Å². The summed E-state index contributed by atoms with van der Waals surface area (Å²) >= 11 is 0. The van der Waals surface area contributed by atoms with E-state index in [0.717, 1.165) is 18.1 Å². The van der Waals surface area contributed by atoms with E-state index in [1.165, 1.54) is 23.2 Å². The molecule has 4 aromatic rings. The normalized spacial score (nSPS) is 19.4. The number of fused-ring (bicyclic) bond motifs is 1. The average Bonchev–Trinajstić information content (AvgIpc) is 3.71. The van der Waals surface area contributed by atoms with Crippen LogP contribution in [0, 0.1) is 5.92 Å². The number of anilines is 2. The number of aryl methyl sites for hydroxylation is 1. The second-order valence-electron chi connectivity index (χ2n) is 12.9. The number of rotatable bonds is 16. The van der Waals surface area contributed by atoms with Gasteiger partial charge in [-0.25, -0.2) is 15.9 Å². The predicted octanol–water partition coefficient (Wildman–Crippen LogP) is 6.83. The van der Waals surface area contributed by atoms with E-state index < -0.39 is 44.6 Å². The summed E-state index contributed by atoms with van der Waals surface area (Å²) in [5.74, 6) is 6.22. The minimum absolute atomic E-state index is 0.0207. The monoisotopic (exact) mass is 746 g/mol. The molecule has 1 saturated heterocycles. The van der Waals surface area contributed by atoms with E-state index in [-0.39, 0.29) is 36.6 Å². The maximum absolute atomic E-state index is 13.8. The van der Waals surface area contributed by atoms with Crippen LogP contribution in [0.4, 0.5) is 24.9 Å². The number of carbonyl (C=O) groups excluding carboxylic acids is 1. The van der Waals surface area contributed by atoms with E-state index in [1.54, 1.807) is 17.9 Å². The van der Waals surface area contributed by atoms with Crippen LogP contribution in [0.2, 0.25) is 0 Å². The van der Waals surface area contributed by atoms with Crippen LogP contribution < -0.4 is 26.2 Å². The van der Waals surface area contributed by atoms with Crippen LogP contribution in [0.1, 0.15) is 76.3 Å².